The maximum absolute atomic E-state index is 12.0. The second-order valence-corrected chi connectivity index (χ2v) is 5.34. The molecule has 1 aliphatic rings. The first kappa shape index (κ1) is 15.0. The molecule has 20 heavy (non-hydrogen) atoms. The van der Waals surface area contributed by atoms with E-state index in [0.29, 0.717) is 12.5 Å². The third-order valence-corrected chi connectivity index (χ3v) is 3.87. The van der Waals surface area contributed by atoms with Crippen LogP contribution in [-0.2, 0) is 9.53 Å². The van der Waals surface area contributed by atoms with Crippen LogP contribution in [0, 0.1) is 5.92 Å². The number of hydrogen-bond donors (Lipinski definition) is 2. The summed E-state index contributed by atoms with van der Waals surface area (Å²) in [4.78, 5) is 14.3. The van der Waals surface area contributed by atoms with Crippen LogP contribution in [0.15, 0.2) is 30.3 Å². The number of likely N-dealkylation sites (tertiary alicyclic amines) is 1. The highest BCUT2D eigenvalue weighted by Gasteiger charge is 2.28. The normalized spacial score (nSPS) is 20.8. The number of amides is 1. The van der Waals surface area contributed by atoms with Gasteiger partial charge in [0.1, 0.15) is 0 Å². The summed E-state index contributed by atoms with van der Waals surface area (Å²) in [5.74, 6) is 5.54. The largest absolute Gasteiger partial charge is 0.384 e. The zero-order chi connectivity index (χ0) is 14.4. The number of benzene rings is 1. The Morgan fingerprint density at radius 3 is 2.90 bits per heavy atom. The molecule has 0 aliphatic carbocycles. The Labute approximate surface area is 120 Å². The Hall–Kier alpha value is -1.43. The van der Waals surface area contributed by atoms with Gasteiger partial charge in [0.2, 0.25) is 5.91 Å². The maximum Gasteiger partial charge on any atom is 0.242 e. The van der Waals surface area contributed by atoms with Crippen molar-refractivity contribution in [2.75, 3.05) is 33.4 Å². The minimum Gasteiger partial charge on any atom is -0.384 e. The first-order valence-electron chi connectivity index (χ1n) is 7.01. The molecule has 5 nitrogen and oxygen atoms in total. The molecule has 1 fully saturated rings. The SMILES string of the molecule is COCC1CCN(CC(C(=O)NN)c2ccccc2)C1. The summed E-state index contributed by atoms with van der Waals surface area (Å²) >= 11 is 0. The van der Waals surface area contributed by atoms with Crippen LogP contribution in [0.25, 0.3) is 0 Å². The lowest BCUT2D eigenvalue weighted by Crippen LogP contribution is -2.40. The van der Waals surface area contributed by atoms with Gasteiger partial charge in [0.25, 0.3) is 0 Å². The molecule has 1 amide bonds. The van der Waals surface area contributed by atoms with Crippen LogP contribution in [0.5, 0.6) is 0 Å². The van der Waals surface area contributed by atoms with Crippen LogP contribution >= 0.6 is 0 Å². The molecular formula is C15H23N3O2. The van der Waals surface area contributed by atoms with Crippen LogP contribution < -0.4 is 11.3 Å². The molecule has 1 aliphatic heterocycles. The third-order valence-electron chi connectivity index (χ3n) is 3.87. The molecule has 2 rings (SSSR count). The van der Waals surface area contributed by atoms with Crippen LogP contribution in [0.3, 0.4) is 0 Å². The van der Waals surface area contributed by atoms with Crippen molar-refractivity contribution < 1.29 is 9.53 Å². The summed E-state index contributed by atoms with van der Waals surface area (Å²) in [7, 11) is 1.73. The van der Waals surface area contributed by atoms with E-state index in [1.165, 1.54) is 0 Å². The van der Waals surface area contributed by atoms with Crippen LogP contribution in [0.2, 0.25) is 0 Å². The highest BCUT2D eigenvalue weighted by Crippen LogP contribution is 2.22. The number of carbonyl (C=O) groups excluding carboxylic acids is 1. The Morgan fingerprint density at radius 2 is 2.25 bits per heavy atom. The van der Waals surface area contributed by atoms with E-state index in [4.69, 9.17) is 10.6 Å². The predicted molar refractivity (Wildman–Crippen MR) is 77.9 cm³/mol. The van der Waals surface area contributed by atoms with Crippen molar-refractivity contribution in [1.29, 1.82) is 0 Å². The minimum atomic E-state index is -0.220. The molecular weight excluding hydrogens is 254 g/mol. The highest BCUT2D eigenvalue weighted by molar-refractivity contribution is 5.83. The quantitative estimate of drug-likeness (QED) is 0.457. The van der Waals surface area contributed by atoms with Crippen molar-refractivity contribution >= 4 is 5.91 Å². The molecule has 1 saturated heterocycles. The molecule has 3 N–H and O–H groups in total. The number of methoxy groups -OCH3 is 1. The number of rotatable bonds is 6. The van der Waals surface area contributed by atoms with Gasteiger partial charge in [-0.3, -0.25) is 10.2 Å². The average molecular weight is 277 g/mol. The summed E-state index contributed by atoms with van der Waals surface area (Å²) < 4.78 is 5.21. The second-order valence-electron chi connectivity index (χ2n) is 5.34. The smallest absolute Gasteiger partial charge is 0.242 e. The summed E-state index contributed by atoms with van der Waals surface area (Å²) in [5, 5.41) is 0. The molecule has 110 valence electrons. The van der Waals surface area contributed by atoms with Gasteiger partial charge in [-0.1, -0.05) is 30.3 Å². The zero-order valence-corrected chi connectivity index (χ0v) is 11.9. The maximum atomic E-state index is 12.0. The van der Waals surface area contributed by atoms with Gasteiger partial charge in [0.05, 0.1) is 12.5 Å². The fourth-order valence-electron chi connectivity index (χ4n) is 2.83. The van der Waals surface area contributed by atoms with Gasteiger partial charge in [0.15, 0.2) is 0 Å². The molecule has 0 radical (unpaired) electrons. The van der Waals surface area contributed by atoms with Gasteiger partial charge in [-0.25, -0.2) is 5.84 Å². The predicted octanol–water partition coefficient (Wildman–Crippen LogP) is 0.728. The van der Waals surface area contributed by atoms with E-state index in [-0.39, 0.29) is 11.8 Å². The Morgan fingerprint density at radius 1 is 1.50 bits per heavy atom. The topological polar surface area (TPSA) is 67.6 Å². The van der Waals surface area contributed by atoms with Crippen molar-refractivity contribution in [1.82, 2.24) is 10.3 Å². The number of carbonyl (C=O) groups is 1. The van der Waals surface area contributed by atoms with Crippen LogP contribution in [0.1, 0.15) is 17.9 Å². The zero-order valence-electron chi connectivity index (χ0n) is 11.9. The molecule has 1 aromatic rings. The van der Waals surface area contributed by atoms with Gasteiger partial charge >= 0.3 is 0 Å². The molecule has 2 unspecified atom stereocenters. The number of ether oxygens (including phenoxy) is 1. The lowest BCUT2D eigenvalue weighted by molar-refractivity contribution is -0.123. The van der Waals surface area contributed by atoms with E-state index in [1.54, 1.807) is 7.11 Å². The standard InChI is InChI=1S/C15H23N3O2/c1-20-11-12-7-8-18(9-12)10-14(15(19)17-16)13-5-3-2-4-6-13/h2-6,12,14H,7-11,16H2,1H3,(H,17,19). The highest BCUT2D eigenvalue weighted by atomic mass is 16.5. The minimum absolute atomic E-state index is 0.133. The van der Waals surface area contributed by atoms with Crippen molar-refractivity contribution in [3.8, 4) is 0 Å². The molecule has 2 atom stereocenters. The summed E-state index contributed by atoms with van der Waals surface area (Å²) in [6.07, 6.45) is 1.12. The molecule has 0 bridgehead atoms. The van der Waals surface area contributed by atoms with Gasteiger partial charge in [-0.05, 0) is 24.4 Å². The van der Waals surface area contributed by atoms with Crippen molar-refractivity contribution in [2.45, 2.75) is 12.3 Å². The number of hydrazine groups is 1. The van der Waals surface area contributed by atoms with Crippen LogP contribution in [-0.4, -0.2) is 44.2 Å². The van der Waals surface area contributed by atoms with E-state index in [2.05, 4.69) is 10.3 Å². The van der Waals surface area contributed by atoms with Crippen molar-refractivity contribution in [3.05, 3.63) is 35.9 Å². The number of nitrogens with zero attached hydrogens (tertiary/aromatic N) is 1. The van der Waals surface area contributed by atoms with Crippen LogP contribution in [0.4, 0.5) is 0 Å². The summed E-state index contributed by atoms with van der Waals surface area (Å²) in [6.45, 7) is 3.48. The number of nitrogens with two attached hydrogens (primary N) is 1. The van der Waals surface area contributed by atoms with Gasteiger partial charge in [0, 0.05) is 20.2 Å². The monoisotopic (exact) mass is 277 g/mol. The van der Waals surface area contributed by atoms with Gasteiger partial charge < -0.3 is 9.64 Å². The molecule has 1 aromatic carbocycles. The van der Waals surface area contributed by atoms with E-state index in [0.717, 1.165) is 31.7 Å². The third kappa shape index (κ3) is 3.79. The Balaban J connectivity index is 2.01. The second kappa shape index (κ2) is 7.38. The molecule has 5 heteroatoms. The van der Waals surface area contributed by atoms with E-state index < -0.39 is 0 Å². The number of nitrogens with one attached hydrogen (secondary N) is 1. The lowest BCUT2D eigenvalue weighted by atomic mass is 9.98. The van der Waals surface area contributed by atoms with Gasteiger partial charge in [-0.15, -0.1) is 0 Å². The number of hydrogen-bond acceptors (Lipinski definition) is 4. The Kier molecular flexibility index (Phi) is 5.52. The summed E-state index contributed by atoms with van der Waals surface area (Å²) in [6, 6.07) is 9.80. The summed E-state index contributed by atoms with van der Waals surface area (Å²) in [5.41, 5.74) is 3.29. The Bertz CT molecular complexity index is 424. The fourth-order valence-corrected chi connectivity index (χ4v) is 2.83. The molecule has 1 heterocycles. The van der Waals surface area contributed by atoms with E-state index in [9.17, 15) is 4.79 Å². The van der Waals surface area contributed by atoms with Gasteiger partial charge in [-0.2, -0.15) is 0 Å². The lowest BCUT2D eigenvalue weighted by Gasteiger charge is -2.23. The van der Waals surface area contributed by atoms with E-state index in [1.807, 2.05) is 30.3 Å². The molecule has 0 saturated carbocycles. The average Bonchev–Trinajstić information content (AvgIpc) is 2.93. The fraction of sp³-hybridized carbons (Fsp3) is 0.533. The van der Waals surface area contributed by atoms with E-state index >= 15 is 0 Å². The van der Waals surface area contributed by atoms with Crippen molar-refractivity contribution in [3.63, 3.8) is 0 Å². The van der Waals surface area contributed by atoms with Crippen molar-refractivity contribution in [2.24, 2.45) is 11.8 Å². The molecule has 0 aromatic heterocycles. The first-order valence-corrected chi connectivity index (χ1v) is 7.01. The first-order chi connectivity index (χ1) is 9.74. The molecule has 0 spiro atoms.